The van der Waals surface area contributed by atoms with Gasteiger partial charge in [-0.25, -0.2) is 15.0 Å². The number of ether oxygens (including phenoxy) is 1. The topological polar surface area (TPSA) is 103 Å². The van der Waals surface area contributed by atoms with E-state index in [0.717, 1.165) is 32.5 Å². The first-order valence-electron chi connectivity index (χ1n) is 10.6. The van der Waals surface area contributed by atoms with Gasteiger partial charge >= 0.3 is 5.97 Å². The first-order valence-corrected chi connectivity index (χ1v) is 11.5. The predicted molar refractivity (Wildman–Crippen MR) is 130 cm³/mol. The van der Waals surface area contributed by atoms with Crippen LogP contribution in [0.1, 0.15) is 35.0 Å². The summed E-state index contributed by atoms with van der Waals surface area (Å²) < 4.78 is 5.32. The van der Waals surface area contributed by atoms with Crippen molar-refractivity contribution < 1.29 is 9.53 Å². The van der Waals surface area contributed by atoms with Crippen molar-refractivity contribution in [2.24, 2.45) is 5.73 Å². The summed E-state index contributed by atoms with van der Waals surface area (Å²) in [5.74, 6) is 1.17. The van der Waals surface area contributed by atoms with Crippen LogP contribution >= 0.6 is 11.3 Å². The normalized spacial score (nSPS) is 11.7. The third-order valence-corrected chi connectivity index (χ3v) is 6.07. The number of nitrogens with one attached hydrogen (secondary N) is 1. The molecule has 7 nitrogen and oxygen atoms in total. The molecule has 1 atom stereocenters. The van der Waals surface area contributed by atoms with E-state index in [-0.39, 0.29) is 25.0 Å². The van der Waals surface area contributed by atoms with E-state index in [1.165, 1.54) is 11.3 Å². The Hall–Kier alpha value is -3.62. The molecule has 1 aromatic carbocycles. The van der Waals surface area contributed by atoms with Gasteiger partial charge in [0.25, 0.3) is 0 Å². The molecule has 0 aliphatic carbocycles. The Labute approximate surface area is 196 Å². The maximum atomic E-state index is 12.1. The van der Waals surface area contributed by atoms with Gasteiger partial charge in [0.15, 0.2) is 0 Å². The number of esters is 1. The highest BCUT2D eigenvalue weighted by Crippen LogP contribution is 2.30. The molecule has 0 spiro atoms. The molecule has 4 rings (SSSR count). The zero-order valence-corrected chi connectivity index (χ0v) is 19.1. The second-order valence-electron chi connectivity index (χ2n) is 7.61. The third-order valence-electron chi connectivity index (χ3n) is 4.92. The van der Waals surface area contributed by atoms with Gasteiger partial charge < -0.3 is 15.8 Å². The van der Waals surface area contributed by atoms with Gasteiger partial charge in [0.2, 0.25) is 0 Å². The molecule has 3 N–H and O–H groups in total. The molecule has 0 unspecified atom stereocenters. The number of rotatable bonds is 9. The monoisotopic (exact) mass is 459 g/mol. The lowest BCUT2D eigenvalue weighted by Gasteiger charge is -2.09. The van der Waals surface area contributed by atoms with E-state index >= 15 is 0 Å². The molecule has 0 saturated carbocycles. The maximum absolute atomic E-state index is 12.1. The smallest absolute Gasteiger partial charge is 0.306 e. The molecule has 0 fully saturated rings. The second-order valence-corrected chi connectivity index (χ2v) is 8.67. The van der Waals surface area contributed by atoms with Gasteiger partial charge in [-0.2, -0.15) is 0 Å². The van der Waals surface area contributed by atoms with Crippen LogP contribution in [0, 0.1) is 6.92 Å². The summed E-state index contributed by atoms with van der Waals surface area (Å²) >= 11 is 1.48. The number of nitrogens with zero attached hydrogens (tertiary/aromatic N) is 3. The van der Waals surface area contributed by atoms with E-state index in [1.807, 2.05) is 67.6 Å². The summed E-state index contributed by atoms with van der Waals surface area (Å²) in [6.45, 7) is 2.28. The van der Waals surface area contributed by atoms with Crippen molar-refractivity contribution in [3.05, 3.63) is 89.2 Å². The first-order chi connectivity index (χ1) is 16.1. The van der Waals surface area contributed by atoms with Crippen LogP contribution in [0.5, 0.6) is 0 Å². The summed E-state index contributed by atoms with van der Waals surface area (Å²) in [6.07, 6.45) is 4.24. The Morgan fingerprint density at radius 1 is 1.09 bits per heavy atom. The number of thiazole rings is 1. The molecular weight excluding hydrogens is 434 g/mol. The van der Waals surface area contributed by atoms with Crippen LogP contribution in [0.25, 0.3) is 10.6 Å². The lowest BCUT2D eigenvalue weighted by Crippen LogP contribution is -2.13. The minimum atomic E-state index is -0.342. The predicted octanol–water partition coefficient (Wildman–Crippen LogP) is 5.18. The molecule has 0 radical (unpaired) electrons. The van der Waals surface area contributed by atoms with Crippen LogP contribution < -0.4 is 11.1 Å². The van der Waals surface area contributed by atoms with Gasteiger partial charge in [-0.05, 0) is 48.7 Å². The van der Waals surface area contributed by atoms with Crippen molar-refractivity contribution in [3.8, 4) is 10.6 Å². The average Bonchev–Trinajstić information content (AvgIpc) is 3.33. The van der Waals surface area contributed by atoms with Gasteiger partial charge in [-0.3, -0.25) is 4.79 Å². The fourth-order valence-electron chi connectivity index (χ4n) is 3.16. The molecule has 168 valence electrons. The third kappa shape index (κ3) is 6.44. The minimum Gasteiger partial charge on any atom is -0.461 e. The second kappa shape index (κ2) is 10.8. The number of nitrogens with two attached hydrogens (primary N) is 1. The lowest BCUT2D eigenvalue weighted by molar-refractivity contribution is -0.145. The Morgan fingerprint density at radius 3 is 2.76 bits per heavy atom. The van der Waals surface area contributed by atoms with Crippen molar-refractivity contribution in [1.29, 1.82) is 0 Å². The Kier molecular flexibility index (Phi) is 7.39. The van der Waals surface area contributed by atoms with Crippen LogP contribution in [0.2, 0.25) is 0 Å². The molecular formula is C25H25N5O2S. The molecule has 3 heterocycles. The number of hydrogen-bond acceptors (Lipinski definition) is 8. The summed E-state index contributed by atoms with van der Waals surface area (Å²) in [5, 5.41) is 3.99. The molecule has 8 heteroatoms. The van der Waals surface area contributed by atoms with Gasteiger partial charge in [-0.1, -0.05) is 36.4 Å². The van der Waals surface area contributed by atoms with Crippen molar-refractivity contribution in [1.82, 2.24) is 15.0 Å². The molecule has 0 amide bonds. The minimum absolute atomic E-state index is 0.240. The number of hydrogen-bond donors (Lipinski definition) is 2. The van der Waals surface area contributed by atoms with E-state index in [4.69, 9.17) is 10.5 Å². The average molecular weight is 460 g/mol. The van der Waals surface area contributed by atoms with Crippen LogP contribution in [-0.2, 0) is 16.1 Å². The highest BCUT2D eigenvalue weighted by atomic mass is 32.1. The molecule has 4 aromatic rings. The van der Waals surface area contributed by atoms with E-state index in [9.17, 15) is 4.79 Å². The largest absolute Gasteiger partial charge is 0.461 e. The number of carbonyl (C=O) groups excluding carboxylic acids is 1. The van der Waals surface area contributed by atoms with E-state index in [0.29, 0.717) is 12.2 Å². The Morgan fingerprint density at radius 2 is 1.94 bits per heavy atom. The number of benzene rings is 1. The molecule has 33 heavy (non-hydrogen) atoms. The van der Waals surface area contributed by atoms with Crippen molar-refractivity contribution >= 4 is 28.9 Å². The zero-order chi connectivity index (χ0) is 23.0. The molecule has 3 aromatic heterocycles. The fourth-order valence-corrected chi connectivity index (χ4v) is 4.09. The highest BCUT2D eigenvalue weighted by molar-refractivity contribution is 7.15. The van der Waals surface area contributed by atoms with Crippen molar-refractivity contribution in [3.63, 3.8) is 0 Å². The zero-order valence-electron chi connectivity index (χ0n) is 18.3. The summed E-state index contributed by atoms with van der Waals surface area (Å²) in [5.41, 5.74) is 9.16. The number of pyridine rings is 2. The Bertz CT molecular complexity index is 1210. The van der Waals surface area contributed by atoms with Crippen LogP contribution in [-0.4, -0.2) is 20.9 Å². The summed E-state index contributed by atoms with van der Waals surface area (Å²) in [7, 11) is 0. The van der Waals surface area contributed by atoms with Crippen molar-refractivity contribution in [2.45, 2.75) is 32.4 Å². The van der Waals surface area contributed by atoms with Crippen molar-refractivity contribution in [2.75, 3.05) is 5.32 Å². The fraction of sp³-hybridized carbons (Fsp3) is 0.200. The van der Waals surface area contributed by atoms with Gasteiger partial charge in [-0.15, -0.1) is 11.3 Å². The van der Waals surface area contributed by atoms with Gasteiger partial charge in [0.05, 0.1) is 16.6 Å². The van der Waals surface area contributed by atoms with E-state index < -0.39 is 0 Å². The molecule has 0 saturated heterocycles. The maximum Gasteiger partial charge on any atom is 0.306 e. The highest BCUT2D eigenvalue weighted by Gasteiger charge is 2.15. The first kappa shape index (κ1) is 22.6. The number of carbonyl (C=O) groups is 1. The van der Waals surface area contributed by atoms with E-state index in [2.05, 4.69) is 20.3 Å². The van der Waals surface area contributed by atoms with Gasteiger partial charge in [0, 0.05) is 18.8 Å². The Balaban J connectivity index is 1.33. The molecule has 0 bridgehead atoms. The summed E-state index contributed by atoms with van der Waals surface area (Å²) in [6, 6.07) is 18.9. The van der Waals surface area contributed by atoms with E-state index in [1.54, 1.807) is 12.4 Å². The van der Waals surface area contributed by atoms with Crippen LogP contribution in [0.4, 0.5) is 11.6 Å². The van der Waals surface area contributed by atoms with Crippen LogP contribution in [0.3, 0.4) is 0 Å². The number of aryl methyl sites for hydroxylation is 1. The summed E-state index contributed by atoms with van der Waals surface area (Å²) in [4.78, 5) is 26.4. The lowest BCUT2D eigenvalue weighted by atomic mass is 10.2. The SMILES string of the molecule is Cc1ccnc(Nc2cccc(-c3cnc([C@@H](N)CCC(=O)OCc4ccccc4)s3)n2)c1. The quantitative estimate of drug-likeness (QED) is 0.333. The standard InChI is InChI=1S/C25H25N5O2S/c1-17-12-13-27-23(14-17)30-22-9-5-8-20(29-22)21-15-28-25(33-21)19(26)10-11-24(31)32-16-18-6-3-2-4-7-18/h2-9,12-15,19H,10-11,16,26H2,1H3,(H,27,29,30)/t19-/m0/s1. The van der Waals surface area contributed by atoms with Crippen LogP contribution in [0.15, 0.2) is 73.1 Å². The molecule has 0 aliphatic heterocycles. The van der Waals surface area contributed by atoms with Gasteiger partial charge in [0.1, 0.15) is 23.3 Å². The number of anilines is 2. The molecule has 0 aliphatic rings. The number of aromatic nitrogens is 3.